The van der Waals surface area contributed by atoms with Gasteiger partial charge < -0.3 is 14.0 Å². The number of aryl methyl sites for hydroxylation is 1. The molecule has 210 valence electrons. The van der Waals surface area contributed by atoms with Crippen molar-refractivity contribution in [3.63, 3.8) is 0 Å². The van der Waals surface area contributed by atoms with Gasteiger partial charge in [-0.2, -0.15) is 0 Å². The molecule has 5 aromatic carbocycles. The number of rotatable bonds is 6. The Bertz CT molecular complexity index is 2200. The SMILES string of the molecule is CCn1c2ccc(C(=O)c3ccc(-n4c5ccccc5c5ccccc54)cc3)cc2c2cc(C(C)=NOC(C)=O)ccc21. The maximum atomic E-state index is 13.8. The number of carbonyl (C=O) groups excluding carboxylic acids is 2. The number of ketones is 1. The van der Waals surface area contributed by atoms with Gasteiger partial charge in [0, 0.05) is 62.9 Å². The lowest BCUT2D eigenvalue weighted by atomic mass is 10.00. The van der Waals surface area contributed by atoms with Gasteiger partial charge >= 0.3 is 5.97 Å². The summed E-state index contributed by atoms with van der Waals surface area (Å²) in [7, 11) is 0. The van der Waals surface area contributed by atoms with Crippen molar-refractivity contribution in [2.75, 3.05) is 0 Å². The van der Waals surface area contributed by atoms with Gasteiger partial charge in [-0.15, -0.1) is 0 Å². The molecule has 0 bridgehead atoms. The van der Waals surface area contributed by atoms with Crippen molar-refractivity contribution >= 4 is 61.1 Å². The third-order valence-electron chi connectivity index (χ3n) is 8.14. The third-order valence-corrected chi connectivity index (χ3v) is 8.14. The molecule has 0 aliphatic rings. The van der Waals surface area contributed by atoms with Gasteiger partial charge in [0.2, 0.25) is 0 Å². The first kappa shape index (κ1) is 26.4. The number of para-hydroxylation sites is 2. The van der Waals surface area contributed by atoms with Crippen LogP contribution < -0.4 is 0 Å². The molecule has 2 heterocycles. The molecule has 7 rings (SSSR count). The van der Waals surface area contributed by atoms with Crippen molar-refractivity contribution in [3.8, 4) is 5.69 Å². The van der Waals surface area contributed by atoms with Gasteiger partial charge in [-0.1, -0.05) is 47.6 Å². The monoisotopic (exact) mass is 563 g/mol. The van der Waals surface area contributed by atoms with Crippen LogP contribution in [0.15, 0.2) is 114 Å². The molecule has 0 spiro atoms. The first-order valence-corrected chi connectivity index (χ1v) is 14.4. The van der Waals surface area contributed by atoms with E-state index in [0.717, 1.165) is 50.6 Å². The zero-order valence-electron chi connectivity index (χ0n) is 24.2. The quantitative estimate of drug-likeness (QED) is 0.0883. The average molecular weight is 564 g/mol. The van der Waals surface area contributed by atoms with E-state index in [1.54, 1.807) is 6.92 Å². The standard InChI is InChI=1S/C37H29N3O3/c1-4-39-33-19-15-26(23(2)38-43-24(3)41)21-31(33)32-22-27(16-20-34(32)39)37(42)25-13-17-28(18-14-25)40-35-11-7-5-9-29(35)30-10-6-8-12-36(30)40/h5-22H,4H2,1-3H3. The van der Waals surface area contributed by atoms with Gasteiger partial charge in [0.25, 0.3) is 0 Å². The van der Waals surface area contributed by atoms with Gasteiger partial charge in [0.15, 0.2) is 5.78 Å². The molecule has 0 saturated heterocycles. The summed E-state index contributed by atoms with van der Waals surface area (Å²) < 4.78 is 4.48. The molecule has 0 radical (unpaired) electrons. The Morgan fingerprint density at radius 3 is 1.74 bits per heavy atom. The molecule has 0 fully saturated rings. The summed E-state index contributed by atoms with van der Waals surface area (Å²) in [6.45, 7) is 6.03. The maximum Gasteiger partial charge on any atom is 0.331 e. The molecule has 0 amide bonds. The topological polar surface area (TPSA) is 65.6 Å². The number of hydrogen-bond donors (Lipinski definition) is 0. The fourth-order valence-corrected chi connectivity index (χ4v) is 6.13. The number of aromatic nitrogens is 2. The Balaban J connectivity index is 1.28. The number of fused-ring (bicyclic) bond motifs is 6. The Hall–Kier alpha value is -5.49. The number of benzene rings is 5. The van der Waals surface area contributed by atoms with Crippen LogP contribution in [0.5, 0.6) is 0 Å². The summed E-state index contributed by atoms with van der Waals surface area (Å²) in [6.07, 6.45) is 0. The number of hydrogen-bond acceptors (Lipinski definition) is 4. The molecular weight excluding hydrogens is 534 g/mol. The highest BCUT2D eigenvalue weighted by molar-refractivity contribution is 6.16. The molecule has 0 unspecified atom stereocenters. The molecule has 0 aliphatic heterocycles. The Morgan fingerprint density at radius 1 is 0.628 bits per heavy atom. The third kappa shape index (κ3) is 4.39. The van der Waals surface area contributed by atoms with E-state index in [-0.39, 0.29) is 5.78 Å². The molecule has 0 aliphatic carbocycles. The van der Waals surface area contributed by atoms with E-state index in [2.05, 4.69) is 75.8 Å². The molecule has 2 aromatic heterocycles. The molecule has 43 heavy (non-hydrogen) atoms. The largest absolute Gasteiger partial charge is 0.341 e. The lowest BCUT2D eigenvalue weighted by molar-refractivity contribution is -0.140. The molecule has 0 N–H and O–H groups in total. The van der Waals surface area contributed by atoms with Crippen LogP contribution in [0, 0.1) is 0 Å². The zero-order valence-corrected chi connectivity index (χ0v) is 24.2. The smallest absolute Gasteiger partial charge is 0.331 e. The summed E-state index contributed by atoms with van der Waals surface area (Å²) in [5, 5.41) is 8.37. The van der Waals surface area contributed by atoms with Crippen LogP contribution in [0.3, 0.4) is 0 Å². The number of nitrogens with zero attached hydrogens (tertiary/aromatic N) is 3. The minimum Gasteiger partial charge on any atom is -0.341 e. The maximum absolute atomic E-state index is 13.8. The van der Waals surface area contributed by atoms with Crippen molar-refractivity contribution in [3.05, 3.63) is 126 Å². The van der Waals surface area contributed by atoms with Crippen LogP contribution in [0.4, 0.5) is 0 Å². The van der Waals surface area contributed by atoms with E-state index in [9.17, 15) is 9.59 Å². The minimum atomic E-state index is -0.464. The first-order valence-electron chi connectivity index (χ1n) is 14.4. The van der Waals surface area contributed by atoms with Crippen LogP contribution in [-0.4, -0.2) is 26.6 Å². The summed E-state index contributed by atoms with van der Waals surface area (Å²) >= 11 is 0. The summed E-state index contributed by atoms with van der Waals surface area (Å²) in [4.78, 5) is 29.9. The molecule has 7 aromatic rings. The fraction of sp³-hybridized carbons (Fsp3) is 0.108. The molecule has 0 atom stereocenters. The van der Waals surface area contributed by atoms with E-state index < -0.39 is 5.97 Å². The van der Waals surface area contributed by atoms with E-state index in [1.807, 2.05) is 54.6 Å². The fourth-order valence-electron chi connectivity index (χ4n) is 6.13. The second kappa shape index (κ2) is 10.4. The van der Waals surface area contributed by atoms with E-state index in [1.165, 1.54) is 17.7 Å². The van der Waals surface area contributed by atoms with E-state index in [0.29, 0.717) is 16.8 Å². The van der Waals surface area contributed by atoms with Crippen molar-refractivity contribution in [1.29, 1.82) is 0 Å². The second-order valence-electron chi connectivity index (χ2n) is 10.7. The Labute approximate surface area is 248 Å². The lowest BCUT2D eigenvalue weighted by Crippen LogP contribution is -2.02. The molecule has 0 saturated carbocycles. The predicted molar refractivity (Wildman–Crippen MR) is 173 cm³/mol. The zero-order chi connectivity index (χ0) is 29.7. The Morgan fingerprint density at radius 2 is 1.16 bits per heavy atom. The number of oxime groups is 1. The lowest BCUT2D eigenvalue weighted by Gasteiger charge is -2.09. The van der Waals surface area contributed by atoms with Crippen molar-refractivity contribution in [2.24, 2.45) is 5.16 Å². The van der Waals surface area contributed by atoms with Gasteiger partial charge in [0.1, 0.15) is 0 Å². The summed E-state index contributed by atoms with van der Waals surface area (Å²) in [5.41, 5.74) is 8.11. The van der Waals surface area contributed by atoms with Crippen LogP contribution in [0.2, 0.25) is 0 Å². The first-order chi connectivity index (χ1) is 20.9. The van der Waals surface area contributed by atoms with E-state index in [4.69, 9.17) is 4.84 Å². The van der Waals surface area contributed by atoms with Crippen molar-refractivity contribution in [2.45, 2.75) is 27.3 Å². The normalized spacial score (nSPS) is 12.0. The molecule has 6 heteroatoms. The highest BCUT2D eigenvalue weighted by Crippen LogP contribution is 2.33. The minimum absolute atomic E-state index is 0.0307. The summed E-state index contributed by atoms with van der Waals surface area (Å²) in [5.74, 6) is -0.494. The van der Waals surface area contributed by atoms with Crippen LogP contribution in [-0.2, 0) is 16.2 Å². The Kier molecular flexibility index (Phi) is 6.39. The average Bonchev–Trinajstić information content (AvgIpc) is 3.55. The molecule has 6 nitrogen and oxygen atoms in total. The molecular formula is C37H29N3O3. The van der Waals surface area contributed by atoms with Crippen LogP contribution in [0.1, 0.15) is 42.3 Å². The highest BCUT2D eigenvalue weighted by atomic mass is 16.7. The van der Waals surface area contributed by atoms with E-state index >= 15 is 0 Å². The van der Waals surface area contributed by atoms with Crippen LogP contribution >= 0.6 is 0 Å². The van der Waals surface area contributed by atoms with Gasteiger partial charge in [-0.3, -0.25) is 4.79 Å². The van der Waals surface area contributed by atoms with Crippen molar-refractivity contribution < 1.29 is 14.4 Å². The number of carbonyl (C=O) groups is 2. The predicted octanol–water partition coefficient (Wildman–Crippen LogP) is 8.43. The van der Waals surface area contributed by atoms with Crippen LogP contribution in [0.25, 0.3) is 49.3 Å². The second-order valence-corrected chi connectivity index (χ2v) is 10.7. The highest BCUT2D eigenvalue weighted by Gasteiger charge is 2.17. The van der Waals surface area contributed by atoms with Gasteiger partial charge in [0.05, 0.1) is 16.7 Å². The summed E-state index contributed by atoms with van der Waals surface area (Å²) in [6, 6.07) is 36.6. The van der Waals surface area contributed by atoms with Gasteiger partial charge in [-0.05, 0) is 86.1 Å². The van der Waals surface area contributed by atoms with Crippen molar-refractivity contribution in [1.82, 2.24) is 9.13 Å². The van der Waals surface area contributed by atoms with Gasteiger partial charge in [-0.25, -0.2) is 4.79 Å².